The van der Waals surface area contributed by atoms with Gasteiger partial charge < -0.3 is 24.4 Å². The van der Waals surface area contributed by atoms with Crippen LogP contribution in [-0.4, -0.2) is 53.1 Å². The third-order valence-electron chi connectivity index (χ3n) is 12.5. The number of hydrogen-bond donors (Lipinski definition) is 2. The van der Waals surface area contributed by atoms with Crippen molar-refractivity contribution in [1.29, 1.82) is 0 Å². The number of rotatable bonds is 1. The Hall–Kier alpha value is -0.200. The van der Waals surface area contributed by atoms with Gasteiger partial charge in [0.25, 0.3) is 0 Å². The van der Waals surface area contributed by atoms with Gasteiger partial charge in [0, 0.05) is 36.7 Å². The van der Waals surface area contributed by atoms with Gasteiger partial charge in [0.05, 0.1) is 24.9 Å². The molecule has 2 spiro atoms. The molecule has 0 radical (unpaired) electrons. The fourth-order valence-corrected chi connectivity index (χ4v) is 10.8. The molecule has 0 aromatic rings. The number of ether oxygens (including phenoxy) is 3. The predicted molar refractivity (Wildman–Crippen MR) is 119 cm³/mol. The molecular weight excluding hydrogens is 404 g/mol. The summed E-state index contributed by atoms with van der Waals surface area (Å²) in [6.07, 6.45) is 10.4. The van der Waals surface area contributed by atoms with Crippen molar-refractivity contribution in [2.45, 2.75) is 108 Å². The van der Waals surface area contributed by atoms with Crippen LogP contribution >= 0.6 is 0 Å². The van der Waals surface area contributed by atoms with Gasteiger partial charge in [-0.1, -0.05) is 20.8 Å². The van der Waals surface area contributed by atoms with E-state index in [4.69, 9.17) is 14.2 Å². The summed E-state index contributed by atoms with van der Waals surface area (Å²) in [5.41, 5.74) is 0.533. The summed E-state index contributed by atoms with van der Waals surface area (Å²) in [5.74, 6) is 3.02. The highest BCUT2D eigenvalue weighted by Gasteiger charge is 2.77. The van der Waals surface area contributed by atoms with Crippen LogP contribution in [0.1, 0.15) is 78.6 Å². The smallest absolute Gasteiger partial charge is 0.171 e. The Morgan fingerprint density at radius 2 is 1.81 bits per heavy atom. The van der Waals surface area contributed by atoms with Crippen molar-refractivity contribution >= 4 is 0 Å². The zero-order valence-electron chi connectivity index (χ0n) is 20.1. The van der Waals surface area contributed by atoms with E-state index < -0.39 is 5.79 Å². The first kappa shape index (κ1) is 21.1. The van der Waals surface area contributed by atoms with Crippen LogP contribution in [-0.2, 0) is 14.2 Å². The second-order valence-corrected chi connectivity index (χ2v) is 13.4. The monoisotopic (exact) mass is 446 g/mol. The van der Waals surface area contributed by atoms with Gasteiger partial charge in [-0.15, -0.1) is 0 Å². The first-order valence-electron chi connectivity index (χ1n) is 13.5. The van der Waals surface area contributed by atoms with E-state index in [2.05, 4.69) is 20.8 Å². The fourth-order valence-electron chi connectivity index (χ4n) is 10.8. The Morgan fingerprint density at radius 1 is 0.969 bits per heavy atom. The average molecular weight is 447 g/mol. The van der Waals surface area contributed by atoms with Crippen LogP contribution in [0, 0.1) is 46.3 Å². The molecule has 5 nitrogen and oxygen atoms in total. The highest BCUT2D eigenvalue weighted by Crippen LogP contribution is 2.75. The van der Waals surface area contributed by atoms with Crippen LogP contribution in [0.2, 0.25) is 0 Å². The van der Waals surface area contributed by atoms with Gasteiger partial charge >= 0.3 is 0 Å². The lowest BCUT2D eigenvalue weighted by molar-refractivity contribution is -0.275. The summed E-state index contributed by atoms with van der Waals surface area (Å²) in [6, 6.07) is 0. The highest BCUT2D eigenvalue weighted by molar-refractivity contribution is 5.25. The van der Waals surface area contributed by atoms with Crippen LogP contribution in [0.15, 0.2) is 0 Å². The molecule has 0 aromatic carbocycles. The summed E-state index contributed by atoms with van der Waals surface area (Å²) >= 11 is 0. The number of fused-ring (bicyclic) bond motifs is 6. The minimum atomic E-state index is -0.418. The fraction of sp³-hybridized carbons (Fsp3) is 1.00. The zero-order chi connectivity index (χ0) is 22.1. The van der Waals surface area contributed by atoms with Gasteiger partial charge in [-0.2, -0.15) is 0 Å². The van der Waals surface area contributed by atoms with Crippen molar-refractivity contribution in [3.63, 3.8) is 0 Å². The summed E-state index contributed by atoms with van der Waals surface area (Å²) in [5, 5.41) is 20.0. The third kappa shape index (κ3) is 2.39. The van der Waals surface area contributed by atoms with Gasteiger partial charge in [-0.3, -0.25) is 0 Å². The minimum absolute atomic E-state index is 0.0267. The van der Waals surface area contributed by atoms with Gasteiger partial charge in [0.2, 0.25) is 0 Å². The van der Waals surface area contributed by atoms with E-state index >= 15 is 0 Å². The molecule has 180 valence electrons. The quantitative estimate of drug-likeness (QED) is 0.598. The van der Waals surface area contributed by atoms with Gasteiger partial charge in [-0.05, 0) is 74.0 Å². The largest absolute Gasteiger partial charge is 0.396 e. The van der Waals surface area contributed by atoms with Gasteiger partial charge in [0.15, 0.2) is 5.79 Å². The molecule has 4 aliphatic carbocycles. The normalized spacial score (nSPS) is 65.0. The Balaban J connectivity index is 1.16. The van der Waals surface area contributed by atoms with E-state index in [1.54, 1.807) is 0 Å². The lowest BCUT2D eigenvalue weighted by Crippen LogP contribution is -2.59. The van der Waals surface area contributed by atoms with Crippen LogP contribution in [0.3, 0.4) is 0 Å². The molecule has 2 N–H and O–H groups in total. The van der Waals surface area contributed by atoms with Crippen LogP contribution < -0.4 is 0 Å². The van der Waals surface area contributed by atoms with Crippen molar-refractivity contribution in [3.05, 3.63) is 0 Å². The molecule has 13 atom stereocenters. The van der Waals surface area contributed by atoms with Crippen molar-refractivity contribution in [2.75, 3.05) is 13.2 Å². The van der Waals surface area contributed by atoms with Crippen LogP contribution in [0.4, 0.5) is 0 Å². The van der Waals surface area contributed by atoms with E-state index in [1.165, 1.54) is 25.7 Å². The number of epoxide rings is 1. The van der Waals surface area contributed by atoms with Crippen molar-refractivity contribution in [1.82, 2.24) is 0 Å². The molecule has 4 unspecified atom stereocenters. The molecule has 0 amide bonds. The second-order valence-electron chi connectivity index (χ2n) is 13.4. The van der Waals surface area contributed by atoms with Crippen molar-refractivity contribution in [2.24, 2.45) is 46.3 Å². The Morgan fingerprint density at radius 3 is 2.56 bits per heavy atom. The molecule has 7 aliphatic rings. The molecule has 4 saturated carbocycles. The average Bonchev–Trinajstić information content (AvgIpc) is 3.29. The molecule has 32 heavy (non-hydrogen) atoms. The molecular formula is C27H42O5. The minimum Gasteiger partial charge on any atom is -0.396 e. The molecule has 0 aromatic heterocycles. The summed E-state index contributed by atoms with van der Waals surface area (Å²) in [4.78, 5) is 0. The standard InChI is InChI=1S/C27H42O5/c1-15-23-21(31-27(15)9-4-16(13-28)14-30-27)11-20-18-10-22-26(32-22)12-17(29)5-8-25(26,3)19(18)6-7-24(20,23)2/h15-23,28-29H,4-14H2,1-3H3/t15-,16?,17?,18+,19-,20-,21-,22?,23-,24-,25+,26?,27+/m0/s1. The maximum absolute atomic E-state index is 10.4. The first-order valence-corrected chi connectivity index (χ1v) is 13.5. The lowest BCUT2D eigenvalue weighted by atomic mass is 9.44. The van der Waals surface area contributed by atoms with Crippen molar-refractivity contribution in [3.8, 4) is 0 Å². The molecule has 7 fully saturated rings. The Bertz CT molecular complexity index is 793. The summed E-state index contributed by atoms with van der Waals surface area (Å²) < 4.78 is 19.8. The Kier molecular flexibility index (Phi) is 4.30. The van der Waals surface area contributed by atoms with E-state index in [9.17, 15) is 10.2 Å². The summed E-state index contributed by atoms with van der Waals surface area (Å²) in [6.45, 7) is 8.34. The molecule has 7 rings (SSSR count). The maximum atomic E-state index is 10.4. The molecule has 3 saturated heterocycles. The molecule has 3 aliphatic heterocycles. The van der Waals surface area contributed by atoms with E-state index in [0.29, 0.717) is 36.1 Å². The predicted octanol–water partition coefficient (Wildman–Crippen LogP) is 3.90. The van der Waals surface area contributed by atoms with Crippen LogP contribution in [0.5, 0.6) is 0 Å². The number of aliphatic hydroxyl groups excluding tert-OH is 2. The first-order chi connectivity index (χ1) is 15.3. The summed E-state index contributed by atoms with van der Waals surface area (Å²) in [7, 11) is 0. The number of hydrogen-bond acceptors (Lipinski definition) is 5. The van der Waals surface area contributed by atoms with Gasteiger partial charge in [0.1, 0.15) is 5.60 Å². The topological polar surface area (TPSA) is 71.5 Å². The third-order valence-corrected chi connectivity index (χ3v) is 12.5. The molecule has 0 bridgehead atoms. The highest BCUT2D eigenvalue weighted by atomic mass is 16.7. The Labute approximate surface area is 192 Å². The van der Waals surface area contributed by atoms with Crippen LogP contribution in [0.25, 0.3) is 0 Å². The van der Waals surface area contributed by atoms with Crippen molar-refractivity contribution < 1.29 is 24.4 Å². The molecule has 5 heteroatoms. The maximum Gasteiger partial charge on any atom is 0.171 e. The second kappa shape index (κ2) is 6.51. The van der Waals surface area contributed by atoms with E-state index in [0.717, 1.165) is 49.9 Å². The number of aliphatic hydroxyl groups is 2. The zero-order valence-corrected chi connectivity index (χ0v) is 20.1. The SMILES string of the molecule is C[C@H]1[C@H]2[C@H](C[C@H]3[C@@H]4CC5OC56CC(O)CC[C@]6(C)[C@H]4CC[C@]23C)O[C@]12CCC(CO)CO2. The van der Waals surface area contributed by atoms with E-state index in [1.807, 2.05) is 0 Å². The lowest BCUT2D eigenvalue weighted by Gasteiger charge is -2.59. The molecule has 3 heterocycles. The van der Waals surface area contributed by atoms with E-state index in [-0.39, 0.29) is 29.6 Å². The van der Waals surface area contributed by atoms with Gasteiger partial charge in [-0.25, -0.2) is 0 Å².